The van der Waals surface area contributed by atoms with Gasteiger partial charge in [0.05, 0.1) is 22.4 Å². The van der Waals surface area contributed by atoms with Gasteiger partial charge in [0.15, 0.2) is 0 Å². The largest absolute Gasteiger partial charge is 0.501 e. The molecule has 3 aromatic heterocycles. The summed E-state index contributed by atoms with van der Waals surface area (Å²) in [6.45, 7) is 7.64. The summed E-state index contributed by atoms with van der Waals surface area (Å²) >= 11 is 0. The van der Waals surface area contributed by atoms with Crippen molar-refractivity contribution in [2.24, 2.45) is 5.41 Å². The van der Waals surface area contributed by atoms with Crippen molar-refractivity contribution in [2.45, 2.75) is 65.3 Å². The Morgan fingerprint density at radius 2 is 1.73 bits per heavy atom. The number of imidazole rings is 1. The van der Waals surface area contributed by atoms with Gasteiger partial charge < -0.3 is 14.0 Å². The third-order valence-electron chi connectivity index (χ3n) is 9.41. The molecule has 4 nitrogen and oxygen atoms in total. The van der Waals surface area contributed by atoms with Crippen LogP contribution >= 0.6 is 0 Å². The van der Waals surface area contributed by atoms with Crippen LogP contribution in [0.2, 0.25) is 0 Å². The van der Waals surface area contributed by atoms with Crippen LogP contribution in [0.1, 0.15) is 69.1 Å². The first-order chi connectivity index (χ1) is 22.9. The summed E-state index contributed by atoms with van der Waals surface area (Å²) in [4.78, 5) is 9.55. The van der Waals surface area contributed by atoms with Gasteiger partial charge in [-0.2, -0.15) is 0 Å². The zero-order chi connectivity index (χ0) is 32.0. The van der Waals surface area contributed by atoms with Gasteiger partial charge in [-0.15, -0.1) is 54.1 Å². The molecule has 7 aromatic rings. The van der Waals surface area contributed by atoms with Crippen LogP contribution in [0.15, 0.2) is 102 Å². The minimum absolute atomic E-state index is 0. The van der Waals surface area contributed by atoms with E-state index in [9.17, 15) is 0 Å². The van der Waals surface area contributed by atoms with Crippen LogP contribution < -0.4 is 0 Å². The second-order valence-corrected chi connectivity index (χ2v) is 14.2. The molecule has 2 aliphatic rings. The molecule has 0 N–H and O–H groups in total. The Morgan fingerprint density at radius 1 is 0.896 bits per heavy atom. The van der Waals surface area contributed by atoms with Crippen LogP contribution in [-0.4, -0.2) is 14.5 Å². The van der Waals surface area contributed by atoms with E-state index in [-0.39, 0.29) is 25.5 Å². The molecule has 5 heteroatoms. The molecule has 9 rings (SSSR count). The number of furan rings is 1. The first kappa shape index (κ1) is 32.2. The Bertz CT molecular complexity index is 2250. The summed E-state index contributed by atoms with van der Waals surface area (Å²) in [6, 6.07) is 35.9. The zero-order valence-corrected chi connectivity index (χ0v) is 30.1. The molecule has 1 saturated carbocycles. The molecule has 1 radical (unpaired) electrons. The third kappa shape index (κ3) is 6.30. The third-order valence-corrected chi connectivity index (χ3v) is 9.41. The maximum Gasteiger partial charge on any atom is 0.120 e. The Kier molecular flexibility index (Phi) is 8.94. The summed E-state index contributed by atoms with van der Waals surface area (Å²) in [7, 11) is 0. The van der Waals surface area contributed by atoms with Crippen molar-refractivity contribution in [2.75, 3.05) is 0 Å². The molecule has 0 bridgehead atoms. The minimum atomic E-state index is 0. The average molecular weight is 806 g/mol. The van der Waals surface area contributed by atoms with E-state index in [0.717, 1.165) is 69.0 Å². The Labute approximate surface area is 296 Å². The van der Waals surface area contributed by atoms with Gasteiger partial charge in [-0.05, 0) is 71.7 Å². The van der Waals surface area contributed by atoms with Gasteiger partial charge in [0.25, 0.3) is 0 Å². The second-order valence-electron chi connectivity index (χ2n) is 14.2. The number of pyridine rings is 1. The number of aromatic nitrogens is 3. The van der Waals surface area contributed by atoms with Crippen LogP contribution in [0.3, 0.4) is 0 Å². The van der Waals surface area contributed by atoms with Crippen LogP contribution in [0.5, 0.6) is 0 Å². The van der Waals surface area contributed by atoms with Crippen molar-refractivity contribution < 1.29 is 24.5 Å². The summed E-state index contributed by atoms with van der Waals surface area (Å²) < 4.78 is 8.44. The van der Waals surface area contributed by atoms with E-state index in [1.165, 1.54) is 47.9 Å². The number of fused-ring (bicyclic) bond motifs is 3. The predicted octanol–water partition coefficient (Wildman–Crippen LogP) is 11.2. The monoisotopic (exact) mass is 806 g/mol. The molecule has 4 aromatic carbocycles. The molecular formula is C43H39IrN3O-2. The van der Waals surface area contributed by atoms with Gasteiger partial charge in [0.1, 0.15) is 5.58 Å². The quantitative estimate of drug-likeness (QED) is 0.166. The average Bonchev–Trinajstić information content (AvgIpc) is 3.84. The number of nitrogens with zero attached hydrogens (tertiary/aromatic N) is 3. The molecule has 1 aliphatic carbocycles. The minimum Gasteiger partial charge on any atom is -0.501 e. The maximum absolute atomic E-state index is 6.11. The Balaban J connectivity index is 0.000000149. The zero-order valence-electron chi connectivity index (χ0n) is 27.7. The number of para-hydroxylation sites is 1. The van der Waals surface area contributed by atoms with Crippen molar-refractivity contribution in [1.29, 1.82) is 0 Å². The van der Waals surface area contributed by atoms with E-state index in [0.29, 0.717) is 0 Å². The fourth-order valence-corrected chi connectivity index (χ4v) is 7.36. The van der Waals surface area contributed by atoms with Crippen molar-refractivity contribution in [1.82, 2.24) is 14.5 Å². The van der Waals surface area contributed by atoms with Gasteiger partial charge in [-0.25, -0.2) is 0 Å². The van der Waals surface area contributed by atoms with E-state index < -0.39 is 0 Å². The van der Waals surface area contributed by atoms with Gasteiger partial charge in [0, 0.05) is 38.2 Å². The number of allylic oxidation sites excluding steroid dienone is 1. The van der Waals surface area contributed by atoms with Gasteiger partial charge >= 0.3 is 0 Å². The molecule has 4 heterocycles. The molecule has 1 fully saturated rings. The Hall–Kier alpha value is -4.31. The van der Waals surface area contributed by atoms with Crippen LogP contribution in [0.25, 0.3) is 61.7 Å². The topological polar surface area (TPSA) is 43.9 Å². The van der Waals surface area contributed by atoms with E-state index in [4.69, 9.17) is 9.40 Å². The van der Waals surface area contributed by atoms with Crippen molar-refractivity contribution in [3.8, 4) is 22.6 Å². The molecule has 0 amide bonds. The first-order valence-electron chi connectivity index (χ1n) is 16.9. The predicted molar refractivity (Wildman–Crippen MR) is 193 cm³/mol. The standard InChI is InChI=1S/C22H20NO.C21H19N2.Ir/c1-22(2,3)14-15-11-12-23-19(13-15)18-9-6-8-17-16-7-4-5-10-20(16)24-21(17)18;1-2-9-16(10-3-1)21-22-19-14-18(15-7-4-5-8-15)13-17-11-6-12-23(21)20(17)19;/h4-8,10-13H,14H2,1-3H3;1-3,6,9,11,13-15H,4-5,7-8,12H2;/q2*-1;. The maximum atomic E-state index is 6.11. The fourth-order valence-electron chi connectivity index (χ4n) is 7.36. The molecule has 0 unspecified atom stereocenters. The molecule has 0 saturated heterocycles. The van der Waals surface area contributed by atoms with Crippen LogP contribution in [0.4, 0.5) is 0 Å². The van der Waals surface area contributed by atoms with Crippen molar-refractivity contribution in [3.05, 3.63) is 126 Å². The molecule has 0 spiro atoms. The summed E-state index contributed by atoms with van der Waals surface area (Å²) in [5.41, 5.74) is 11.4. The van der Waals surface area contributed by atoms with Gasteiger partial charge in [0.2, 0.25) is 0 Å². The SMILES string of the molecule is CC(C)(C)Cc1ccnc(-c2[c-]ccc3c2oc2ccccc23)c1.[Ir].[c-]1ccccc1-c1nc2cc(C3CCCC3)cc3c2n1CC=C3. The molecule has 1 aliphatic heterocycles. The summed E-state index contributed by atoms with van der Waals surface area (Å²) in [5, 5.41) is 2.25. The number of rotatable bonds is 4. The second kappa shape index (κ2) is 13.3. The van der Waals surface area contributed by atoms with E-state index >= 15 is 0 Å². The molecule has 0 atom stereocenters. The normalized spacial score (nSPS) is 14.3. The first-order valence-corrected chi connectivity index (χ1v) is 16.9. The summed E-state index contributed by atoms with van der Waals surface area (Å²) in [6.07, 6.45) is 12.8. The number of hydrogen-bond acceptors (Lipinski definition) is 3. The summed E-state index contributed by atoms with van der Waals surface area (Å²) in [5.74, 6) is 1.76. The fraction of sp³-hybridized carbons (Fsp3) is 0.256. The molecule has 48 heavy (non-hydrogen) atoms. The van der Waals surface area contributed by atoms with E-state index in [1.54, 1.807) is 0 Å². The van der Waals surface area contributed by atoms with Crippen LogP contribution in [0, 0.1) is 17.5 Å². The smallest absolute Gasteiger partial charge is 0.120 e. The van der Waals surface area contributed by atoms with Crippen LogP contribution in [-0.2, 0) is 33.1 Å². The molecular weight excluding hydrogens is 767 g/mol. The van der Waals surface area contributed by atoms with Crippen molar-refractivity contribution >= 4 is 39.0 Å². The Morgan fingerprint density at radius 3 is 2.54 bits per heavy atom. The van der Waals surface area contributed by atoms with E-state index in [1.807, 2.05) is 42.6 Å². The number of hydrogen-bond donors (Lipinski definition) is 0. The van der Waals surface area contributed by atoms with E-state index in [2.05, 4.69) is 103 Å². The molecule has 243 valence electrons. The van der Waals surface area contributed by atoms with Crippen molar-refractivity contribution in [3.63, 3.8) is 0 Å². The van der Waals surface area contributed by atoms with Gasteiger partial charge in [-0.1, -0.05) is 86.5 Å². The number of benzene rings is 4. The van der Waals surface area contributed by atoms with Gasteiger partial charge in [-0.3, -0.25) is 4.98 Å².